The number of aromatic hydroxyl groups is 2. The van der Waals surface area contributed by atoms with Gasteiger partial charge in [-0.25, -0.2) is 0 Å². The minimum absolute atomic E-state index is 0.198. The van der Waals surface area contributed by atoms with Crippen molar-refractivity contribution in [2.24, 2.45) is 0 Å². The summed E-state index contributed by atoms with van der Waals surface area (Å²) < 4.78 is 6.19. The van der Waals surface area contributed by atoms with Crippen molar-refractivity contribution in [1.82, 2.24) is 4.90 Å². The number of ether oxygens (including phenoxy) is 1. The molecule has 2 aromatic carbocycles. The van der Waals surface area contributed by atoms with E-state index in [9.17, 15) is 10.2 Å². The smallest absolute Gasteiger partial charge is 0.179 e. The Kier molecular flexibility index (Phi) is 3.19. The second-order valence-corrected chi connectivity index (χ2v) is 6.02. The fraction of sp³-hybridized carbons (Fsp3) is 0.333. The first kappa shape index (κ1) is 13.5. The minimum atomic E-state index is -0.198. The quantitative estimate of drug-likeness (QED) is 0.843. The van der Waals surface area contributed by atoms with E-state index in [4.69, 9.17) is 4.74 Å². The number of phenolic OH excluding ortho intramolecular Hbond substituents is 2. The lowest BCUT2D eigenvalue weighted by atomic mass is 9.94. The highest BCUT2D eigenvalue weighted by Gasteiger charge is 2.31. The molecule has 2 aromatic rings. The van der Waals surface area contributed by atoms with Gasteiger partial charge in [0.1, 0.15) is 17.2 Å². The topological polar surface area (TPSA) is 52.9 Å². The Morgan fingerprint density at radius 2 is 1.55 bits per heavy atom. The van der Waals surface area contributed by atoms with Gasteiger partial charge >= 0.3 is 0 Å². The van der Waals surface area contributed by atoms with E-state index < -0.39 is 0 Å². The van der Waals surface area contributed by atoms with Crippen LogP contribution < -0.4 is 4.74 Å². The molecular formula is C18H19NO3. The van der Waals surface area contributed by atoms with E-state index in [2.05, 4.69) is 4.90 Å². The van der Waals surface area contributed by atoms with Gasteiger partial charge in [0.05, 0.1) is 0 Å². The lowest BCUT2D eigenvalue weighted by Gasteiger charge is -2.38. The summed E-state index contributed by atoms with van der Waals surface area (Å²) in [4.78, 5) is 2.31. The van der Waals surface area contributed by atoms with Gasteiger partial charge in [-0.3, -0.25) is 4.90 Å². The van der Waals surface area contributed by atoms with Crippen molar-refractivity contribution in [2.75, 3.05) is 13.1 Å². The van der Waals surface area contributed by atoms with Gasteiger partial charge in [0.25, 0.3) is 0 Å². The number of nitrogens with zero attached hydrogens (tertiary/aromatic N) is 1. The molecule has 0 spiro atoms. The standard InChI is InChI=1S/C18H19NO3/c20-12-4-6-14-15-7-5-13(21)11-17(15)22-18(16(14)10-12)19-8-2-1-3-9-19/h4-7,10-11,18,20-21H,1-3,8-9H2. The molecule has 2 aliphatic heterocycles. The zero-order valence-electron chi connectivity index (χ0n) is 12.3. The third-order valence-electron chi connectivity index (χ3n) is 4.52. The molecule has 2 N–H and O–H groups in total. The van der Waals surface area contributed by atoms with E-state index in [1.807, 2.05) is 12.1 Å². The number of fused-ring (bicyclic) bond motifs is 3. The highest BCUT2D eigenvalue weighted by molar-refractivity contribution is 5.77. The van der Waals surface area contributed by atoms with Crippen LogP contribution in [-0.2, 0) is 0 Å². The van der Waals surface area contributed by atoms with Crippen molar-refractivity contribution in [3.63, 3.8) is 0 Å². The molecule has 114 valence electrons. The van der Waals surface area contributed by atoms with Crippen LogP contribution in [0.4, 0.5) is 0 Å². The first-order valence-corrected chi connectivity index (χ1v) is 7.79. The number of rotatable bonds is 1. The van der Waals surface area contributed by atoms with Crippen LogP contribution >= 0.6 is 0 Å². The van der Waals surface area contributed by atoms with Crippen molar-refractivity contribution in [1.29, 1.82) is 0 Å². The molecule has 2 heterocycles. The third kappa shape index (κ3) is 2.20. The molecule has 0 bridgehead atoms. The van der Waals surface area contributed by atoms with E-state index in [0.717, 1.165) is 29.8 Å². The fourth-order valence-electron chi connectivity index (χ4n) is 3.44. The van der Waals surface area contributed by atoms with Crippen LogP contribution in [0.3, 0.4) is 0 Å². The Hall–Kier alpha value is -2.20. The molecule has 22 heavy (non-hydrogen) atoms. The molecule has 0 radical (unpaired) electrons. The molecule has 0 amide bonds. The van der Waals surface area contributed by atoms with Crippen LogP contribution in [0.25, 0.3) is 11.1 Å². The number of phenols is 2. The monoisotopic (exact) mass is 297 g/mol. The number of benzene rings is 2. The SMILES string of the molecule is Oc1ccc2c(c1)OC(N1CCCCC1)c1cc(O)ccc1-2. The number of hydrogen-bond acceptors (Lipinski definition) is 4. The van der Waals surface area contributed by atoms with Crippen LogP contribution in [0.15, 0.2) is 36.4 Å². The van der Waals surface area contributed by atoms with Crippen LogP contribution in [-0.4, -0.2) is 28.2 Å². The average molecular weight is 297 g/mol. The summed E-state index contributed by atoms with van der Waals surface area (Å²) in [5, 5.41) is 19.6. The molecular weight excluding hydrogens is 278 g/mol. The van der Waals surface area contributed by atoms with Crippen LogP contribution in [0.1, 0.15) is 31.1 Å². The van der Waals surface area contributed by atoms with Gasteiger partial charge in [-0.1, -0.05) is 12.5 Å². The molecule has 1 unspecified atom stereocenters. The summed E-state index contributed by atoms with van der Waals surface area (Å²) in [5.74, 6) is 1.17. The third-order valence-corrected chi connectivity index (χ3v) is 4.52. The second-order valence-electron chi connectivity index (χ2n) is 6.02. The molecule has 0 aliphatic carbocycles. The summed E-state index contributed by atoms with van der Waals surface area (Å²) >= 11 is 0. The van der Waals surface area contributed by atoms with Crippen LogP contribution in [0.5, 0.6) is 17.2 Å². The summed E-state index contributed by atoms with van der Waals surface area (Å²) in [6.45, 7) is 1.99. The summed E-state index contributed by atoms with van der Waals surface area (Å²) in [5.41, 5.74) is 3.02. The molecule has 0 aromatic heterocycles. The Morgan fingerprint density at radius 3 is 2.32 bits per heavy atom. The van der Waals surface area contributed by atoms with E-state index >= 15 is 0 Å². The zero-order valence-corrected chi connectivity index (χ0v) is 12.3. The number of likely N-dealkylation sites (tertiary alicyclic amines) is 1. The molecule has 1 atom stereocenters. The molecule has 4 heteroatoms. The number of hydrogen-bond donors (Lipinski definition) is 2. The Labute approximate surface area is 129 Å². The molecule has 4 rings (SSSR count). The van der Waals surface area contributed by atoms with Gasteiger partial charge in [-0.15, -0.1) is 0 Å². The highest BCUT2D eigenvalue weighted by atomic mass is 16.5. The summed E-state index contributed by atoms with van der Waals surface area (Å²) in [6, 6.07) is 10.6. The predicted octanol–water partition coefficient (Wildman–Crippen LogP) is 3.64. The Balaban J connectivity index is 1.83. The maximum absolute atomic E-state index is 9.88. The predicted molar refractivity (Wildman–Crippen MR) is 84.0 cm³/mol. The highest BCUT2D eigenvalue weighted by Crippen LogP contribution is 2.46. The maximum Gasteiger partial charge on any atom is 0.179 e. The van der Waals surface area contributed by atoms with Crippen molar-refractivity contribution in [3.8, 4) is 28.4 Å². The van der Waals surface area contributed by atoms with E-state index in [-0.39, 0.29) is 17.7 Å². The van der Waals surface area contributed by atoms with Crippen LogP contribution in [0, 0.1) is 0 Å². The van der Waals surface area contributed by atoms with Crippen molar-refractivity contribution >= 4 is 0 Å². The molecule has 0 saturated carbocycles. The van der Waals surface area contributed by atoms with Crippen molar-refractivity contribution in [3.05, 3.63) is 42.0 Å². The second kappa shape index (κ2) is 5.21. The molecule has 1 fully saturated rings. The van der Waals surface area contributed by atoms with E-state index in [1.54, 1.807) is 24.3 Å². The largest absolute Gasteiger partial charge is 0.508 e. The van der Waals surface area contributed by atoms with E-state index in [1.165, 1.54) is 19.3 Å². The van der Waals surface area contributed by atoms with Gasteiger partial charge in [0, 0.05) is 30.3 Å². The van der Waals surface area contributed by atoms with Gasteiger partial charge in [0.15, 0.2) is 6.23 Å². The molecule has 4 nitrogen and oxygen atoms in total. The molecule has 1 saturated heterocycles. The normalized spacial score (nSPS) is 20.8. The summed E-state index contributed by atoms with van der Waals surface area (Å²) in [6.07, 6.45) is 3.40. The molecule has 2 aliphatic rings. The first-order valence-electron chi connectivity index (χ1n) is 7.79. The van der Waals surface area contributed by atoms with Gasteiger partial charge < -0.3 is 14.9 Å². The van der Waals surface area contributed by atoms with Gasteiger partial charge in [-0.05, 0) is 42.7 Å². The van der Waals surface area contributed by atoms with Crippen molar-refractivity contribution in [2.45, 2.75) is 25.5 Å². The first-order chi connectivity index (χ1) is 10.7. The average Bonchev–Trinajstić information content (AvgIpc) is 2.54. The number of piperidine rings is 1. The summed E-state index contributed by atoms with van der Waals surface area (Å²) in [7, 11) is 0. The lowest BCUT2D eigenvalue weighted by molar-refractivity contribution is 0.00853. The Morgan fingerprint density at radius 1 is 0.864 bits per heavy atom. The van der Waals surface area contributed by atoms with Gasteiger partial charge in [0.2, 0.25) is 0 Å². The maximum atomic E-state index is 9.88. The minimum Gasteiger partial charge on any atom is -0.508 e. The zero-order chi connectivity index (χ0) is 15.1. The Bertz CT molecular complexity index is 707. The van der Waals surface area contributed by atoms with Gasteiger partial charge in [-0.2, -0.15) is 0 Å². The van der Waals surface area contributed by atoms with E-state index in [0.29, 0.717) is 5.75 Å². The lowest BCUT2D eigenvalue weighted by Crippen LogP contribution is -2.38. The van der Waals surface area contributed by atoms with Crippen molar-refractivity contribution < 1.29 is 14.9 Å². The fourth-order valence-corrected chi connectivity index (χ4v) is 3.44. The van der Waals surface area contributed by atoms with Crippen LogP contribution in [0.2, 0.25) is 0 Å².